The first-order valence-electron chi connectivity index (χ1n) is 51.9. The van der Waals surface area contributed by atoms with Crippen LogP contribution >= 0.6 is 0 Å². The molecule has 5 amide bonds. The van der Waals surface area contributed by atoms with Crippen molar-refractivity contribution in [1.29, 1.82) is 0 Å². The second-order valence-corrected chi connectivity index (χ2v) is 41.8. The van der Waals surface area contributed by atoms with Crippen molar-refractivity contribution in [2.45, 2.75) is 311 Å². The van der Waals surface area contributed by atoms with Crippen molar-refractivity contribution in [2.75, 3.05) is 26.2 Å². The highest BCUT2D eigenvalue weighted by atomic mass is 19.1. The number of carbonyl (C=O) groups is 12. The van der Waals surface area contributed by atoms with Gasteiger partial charge in [0.15, 0.2) is 49.1 Å². The predicted molar refractivity (Wildman–Crippen MR) is 548 cm³/mol. The Morgan fingerprint density at radius 1 is 0.387 bits per heavy atom. The highest BCUT2D eigenvalue weighted by Crippen LogP contribution is 2.51. The van der Waals surface area contributed by atoms with E-state index in [4.69, 9.17) is 58.8 Å². The number of fused-ring (bicyclic) bond motifs is 4. The minimum absolute atomic E-state index is 0.0127. The van der Waals surface area contributed by atoms with E-state index in [0.29, 0.717) is 155 Å². The summed E-state index contributed by atoms with van der Waals surface area (Å²) in [5.74, 6) is -9.86. The van der Waals surface area contributed by atoms with Crippen LogP contribution in [0.3, 0.4) is 0 Å². The molecule has 10 aromatic rings. The van der Waals surface area contributed by atoms with Crippen molar-refractivity contribution in [3.8, 4) is 22.8 Å². The molecule has 33 nitrogen and oxygen atoms in total. The fourth-order valence-corrected chi connectivity index (χ4v) is 22.5. The Kier molecular flexibility index (Phi) is 35.2. The average Bonchev–Trinajstić information content (AvgIpc) is 1.56. The maximum atomic E-state index is 16.3. The Hall–Kier alpha value is -13.5. The number of nitrogens with zero attached hydrogens (tertiary/aromatic N) is 6. The van der Waals surface area contributed by atoms with Crippen LogP contribution in [0.25, 0.3) is 66.4 Å². The summed E-state index contributed by atoms with van der Waals surface area (Å²) in [6, 6.07) is 31.6. The molecule has 0 radical (unpaired) electrons. The molecule has 10 heterocycles. The zero-order valence-corrected chi connectivity index (χ0v) is 87.7. The van der Waals surface area contributed by atoms with Gasteiger partial charge in [-0.15, -0.1) is 0 Å². The summed E-state index contributed by atoms with van der Waals surface area (Å²) in [5.41, 5.74) is 20.1. The van der Waals surface area contributed by atoms with E-state index in [0.717, 1.165) is 37.0 Å². The molecule has 804 valence electrons. The minimum atomic E-state index is -1.56. The monoisotopic (exact) mass is 2080 g/mol. The van der Waals surface area contributed by atoms with Crippen LogP contribution in [0.2, 0.25) is 0 Å². The zero-order valence-electron chi connectivity index (χ0n) is 87.7. The van der Waals surface area contributed by atoms with E-state index >= 15 is 22.4 Å². The number of hydrogen-bond donors (Lipinski definition) is 5. The van der Waals surface area contributed by atoms with Gasteiger partial charge in [0.2, 0.25) is 23.6 Å². The summed E-state index contributed by atoms with van der Waals surface area (Å²) in [5, 5.41) is 5.16. The lowest BCUT2D eigenvalue weighted by molar-refractivity contribution is -0.258. The van der Waals surface area contributed by atoms with Gasteiger partial charge in [0.1, 0.15) is 42.5 Å². The fourth-order valence-electron chi connectivity index (χ4n) is 22.5. The van der Waals surface area contributed by atoms with Crippen molar-refractivity contribution in [3.05, 3.63) is 190 Å². The fraction of sp³-hybridized carbons (Fsp3) is 0.504. The number of aromatic nitrogens is 4. The summed E-state index contributed by atoms with van der Waals surface area (Å²) in [6.45, 7) is 27.0. The number of esters is 7. The lowest BCUT2D eigenvalue weighted by Gasteiger charge is -2.44. The van der Waals surface area contributed by atoms with Gasteiger partial charge in [-0.3, -0.25) is 52.7 Å². The van der Waals surface area contributed by atoms with Crippen LogP contribution in [0.5, 0.6) is 0 Å². The normalized spacial score (nSPS) is 22.7. The molecular formula is C113H137F4N11O22. The minimum Gasteiger partial charge on any atom is -0.461 e. The zero-order chi connectivity index (χ0) is 108. The molecule has 4 aromatic heterocycles. The second-order valence-electron chi connectivity index (χ2n) is 41.8. The highest BCUT2D eigenvalue weighted by molar-refractivity contribution is 6.00. The third-order valence-corrected chi connectivity index (χ3v) is 29.7. The second kappa shape index (κ2) is 47.8. The number of ether oxygens (including phenoxy) is 10. The number of rotatable bonds is 33. The topological polar surface area (TPSA) is 416 Å². The van der Waals surface area contributed by atoms with Gasteiger partial charge in [-0.05, 0) is 221 Å². The smallest absolute Gasteiger partial charge is 0.408 e. The number of carbonyl (C=O) groups excluding carboxylic acids is 12. The van der Waals surface area contributed by atoms with Crippen LogP contribution < -0.4 is 16.8 Å². The molecule has 6 aromatic carbocycles. The number of likely N-dealkylation sites (tertiary alicyclic amines) is 4. The molecular weight excluding hydrogens is 1940 g/mol. The third kappa shape index (κ3) is 24.5. The van der Waals surface area contributed by atoms with Crippen LogP contribution in [0, 0.1) is 52.9 Å². The van der Waals surface area contributed by atoms with Gasteiger partial charge in [0, 0.05) is 124 Å². The molecule has 0 aliphatic carbocycles. The standard InChI is InChI=1S/C65H75F2N5O13.C48H62F2N6O9/c1-36(2)50(33-55(76)80-34-42-17-11-9-12-18-42)62(77)70-27-15-21-46(70)31-51-48-25-23-44(66)29-53(48)68-57(51)58-52(32-47-22-16-28-71(47)63(78)56(37(3)4)69-65(79)81-35-43-19-13-10-14-20-43)49-26-24-45(67)30-54(49)72(58)64-61(85-41(8)75)60(84-40(7)74)59(38(5)82-64)83-39(6)73;1-23(2)39(51)46(60)54-17-9-11-31(54)21-35-33-15-13-29(49)19-37(33)53-41(35)42-36(22-32-12-10-18-55(32)47(61)40(52)24(3)4)34-16-14-30(50)20-38(34)56(42)48-45(65-28(8)59)44(64-27(7)58)43(25(5)62-48)63-26(6)57/h9-14,17-20,23-26,29-30,36-38,46-47,50,56,59-61,64,68H,15-16,21-22,27-28,31-35H2,1-8H3,(H,69,79);13-16,19-20,23-25,31-32,39-40,43-45,48,53H,9-12,17-18,21-22,51-52H2,1-8H3/t38-,46?,47-,50-,56-,59+,60+,61-,64-;25-,31?,32-,39-,40-,43+,44+,45-,48-/m00/s1. The number of nitrogens with two attached hydrogens (primary N) is 2. The van der Waals surface area contributed by atoms with Crippen molar-refractivity contribution < 1.29 is 122 Å². The molecule has 6 aliphatic heterocycles. The predicted octanol–water partition coefficient (Wildman–Crippen LogP) is 16.0. The molecule has 0 spiro atoms. The third-order valence-electron chi connectivity index (χ3n) is 29.7. The summed E-state index contributed by atoms with van der Waals surface area (Å²) < 4.78 is 127. The summed E-state index contributed by atoms with van der Waals surface area (Å²) in [4.78, 5) is 177. The molecule has 16 rings (SSSR count). The number of halogens is 4. The number of H-pyrrole nitrogens is 2. The van der Waals surface area contributed by atoms with Gasteiger partial charge in [-0.2, -0.15) is 0 Å². The van der Waals surface area contributed by atoms with E-state index in [1.807, 2.05) is 131 Å². The Labute approximate surface area is 868 Å². The number of hydrogen-bond acceptors (Lipinski definition) is 24. The average molecular weight is 2080 g/mol. The molecule has 6 fully saturated rings. The highest BCUT2D eigenvalue weighted by Gasteiger charge is 2.56. The van der Waals surface area contributed by atoms with E-state index in [1.54, 1.807) is 52.1 Å². The summed E-state index contributed by atoms with van der Waals surface area (Å²) >= 11 is 0. The summed E-state index contributed by atoms with van der Waals surface area (Å²) in [7, 11) is 0. The van der Waals surface area contributed by atoms with Gasteiger partial charge in [-0.25, -0.2) is 22.4 Å². The van der Waals surface area contributed by atoms with Crippen molar-refractivity contribution in [1.82, 2.24) is 44.0 Å². The Balaban J connectivity index is 0.000000232. The van der Waals surface area contributed by atoms with Crippen molar-refractivity contribution in [2.24, 2.45) is 41.1 Å². The largest absolute Gasteiger partial charge is 0.461 e. The van der Waals surface area contributed by atoms with E-state index in [-0.39, 0.29) is 104 Å². The Morgan fingerprint density at radius 3 is 1.07 bits per heavy atom. The number of alkyl carbamates (subject to hydrolysis) is 1. The maximum absolute atomic E-state index is 16.3. The number of amides is 5. The SMILES string of the molecule is CC(=O)O[C@@H]1[C@H](OC(C)=O)[C@H](C)O[C@H](n2c(-c3[nH]c4cc(F)ccc4c3CC3CCCN3C(=O)[C@@H](CC(=O)OCc3ccccc3)C(C)C)c(C[C@@H]3CCCN3C(=O)[C@@H](NC(=O)OCc3ccccc3)C(C)C)c3ccc(F)cc32)[C@H]1OC(C)=O.CC(=O)O[C@@H]1[C@H](OC(C)=O)[C@H](C)O[C@H](n2c(-c3[nH]c4cc(F)ccc4c3CC3CCCN3C(=O)[C@@H](N)C(C)C)c(C[C@@H]3CCCN3C(=O)[C@@H](N)C(C)C)c3ccc(F)cc32)[C@H]1OC(C)=O. The number of aromatic amines is 2. The number of benzene rings is 6. The Bertz CT molecular complexity index is 6660. The van der Waals surface area contributed by atoms with Crippen LogP contribution in [-0.4, -0.2) is 228 Å². The lowest BCUT2D eigenvalue weighted by atomic mass is 9.90. The maximum Gasteiger partial charge on any atom is 0.408 e. The van der Waals surface area contributed by atoms with Crippen LogP contribution in [0.1, 0.15) is 214 Å². The molecule has 150 heavy (non-hydrogen) atoms. The van der Waals surface area contributed by atoms with Gasteiger partial charge < -0.3 is 103 Å². The molecule has 6 saturated heterocycles. The van der Waals surface area contributed by atoms with Crippen LogP contribution in [-0.2, 0) is 139 Å². The van der Waals surface area contributed by atoms with Gasteiger partial charge in [-0.1, -0.05) is 116 Å². The first-order chi connectivity index (χ1) is 71.4. The summed E-state index contributed by atoms with van der Waals surface area (Å²) in [6.07, 6.45) is -8.26. The van der Waals surface area contributed by atoms with Gasteiger partial charge in [0.25, 0.3) is 0 Å². The molecule has 37 heteroatoms. The van der Waals surface area contributed by atoms with Crippen molar-refractivity contribution >= 4 is 115 Å². The molecule has 18 atom stereocenters. The van der Waals surface area contributed by atoms with Gasteiger partial charge >= 0.3 is 47.9 Å². The quantitative estimate of drug-likeness (QED) is 0.0145. The van der Waals surface area contributed by atoms with E-state index < -0.39 is 169 Å². The number of nitrogens with one attached hydrogen (secondary N) is 3. The molecule has 7 N–H and O–H groups in total. The van der Waals surface area contributed by atoms with E-state index in [9.17, 15) is 52.7 Å². The van der Waals surface area contributed by atoms with Crippen LogP contribution in [0.15, 0.2) is 133 Å². The first kappa shape index (κ1) is 111. The molecule has 2 unspecified atom stereocenters. The lowest BCUT2D eigenvalue weighted by Crippen LogP contribution is -2.58. The molecule has 6 aliphatic rings. The molecule has 0 saturated carbocycles. The van der Waals surface area contributed by atoms with E-state index in [1.165, 1.54) is 76.2 Å². The molecule has 0 bridgehead atoms. The Morgan fingerprint density at radius 2 is 0.713 bits per heavy atom. The van der Waals surface area contributed by atoms with Gasteiger partial charge in [0.05, 0.1) is 70.4 Å². The van der Waals surface area contributed by atoms with E-state index in [2.05, 4.69) is 15.3 Å². The first-order valence-corrected chi connectivity index (χ1v) is 51.9. The van der Waals surface area contributed by atoms with Crippen molar-refractivity contribution in [3.63, 3.8) is 0 Å². The van der Waals surface area contributed by atoms with Crippen LogP contribution in [0.4, 0.5) is 22.4 Å².